The molecule has 0 saturated carbocycles. The fraction of sp³-hybridized carbons (Fsp3) is 0.333. The quantitative estimate of drug-likeness (QED) is 0.826. The van der Waals surface area contributed by atoms with E-state index in [0.29, 0.717) is 12.4 Å². The topological polar surface area (TPSA) is 97.3 Å². The third-order valence-corrected chi connectivity index (χ3v) is 5.84. The van der Waals surface area contributed by atoms with Crippen LogP contribution in [0.3, 0.4) is 0 Å². The zero-order chi connectivity index (χ0) is 20.1. The Kier molecular flexibility index (Phi) is 4.54. The van der Waals surface area contributed by atoms with Crippen LogP contribution in [-0.4, -0.2) is 45.3 Å². The van der Waals surface area contributed by atoms with Crippen molar-refractivity contribution in [1.29, 1.82) is 0 Å². The molecule has 0 bridgehead atoms. The van der Waals surface area contributed by atoms with Crippen molar-refractivity contribution in [3.05, 3.63) is 52.2 Å². The molecule has 3 aliphatic heterocycles. The van der Waals surface area contributed by atoms with Gasteiger partial charge in [0.1, 0.15) is 11.6 Å². The molecule has 0 aliphatic carbocycles. The minimum absolute atomic E-state index is 0.0540. The summed E-state index contributed by atoms with van der Waals surface area (Å²) in [4.78, 5) is 10.0. The summed E-state index contributed by atoms with van der Waals surface area (Å²) in [5.74, 6) is -1.45. The number of ether oxygens (including phenoxy) is 1. The molecule has 1 unspecified atom stereocenters. The van der Waals surface area contributed by atoms with Gasteiger partial charge in [-0.2, -0.15) is 0 Å². The van der Waals surface area contributed by atoms with Gasteiger partial charge in [-0.25, -0.2) is 27.3 Å². The Bertz CT molecular complexity index is 1050. The maximum atomic E-state index is 14.5. The van der Waals surface area contributed by atoms with Crippen LogP contribution in [-0.2, 0) is 21.3 Å². The average Bonchev–Trinajstić information content (AvgIpc) is 3.07. The van der Waals surface area contributed by atoms with Gasteiger partial charge >= 0.3 is 0 Å². The number of sulfonamides is 1. The van der Waals surface area contributed by atoms with E-state index < -0.39 is 32.7 Å². The summed E-state index contributed by atoms with van der Waals surface area (Å²) in [5, 5.41) is 4.98. The van der Waals surface area contributed by atoms with Crippen molar-refractivity contribution in [3.8, 4) is 0 Å². The van der Waals surface area contributed by atoms with Gasteiger partial charge in [-0.1, -0.05) is 0 Å². The Morgan fingerprint density at radius 1 is 1.32 bits per heavy atom. The predicted octanol–water partition coefficient (Wildman–Crippen LogP) is 1.86. The molecule has 3 heterocycles. The van der Waals surface area contributed by atoms with Crippen molar-refractivity contribution in [2.75, 3.05) is 13.7 Å². The fourth-order valence-electron chi connectivity index (χ4n) is 3.64. The smallest absolute Gasteiger partial charge is 0.238 e. The number of halogens is 2. The molecule has 3 aliphatic rings. The molecule has 1 atom stereocenters. The zero-order valence-electron chi connectivity index (χ0n) is 15.0. The predicted molar refractivity (Wildman–Crippen MR) is 99.2 cm³/mol. The molecule has 0 aromatic heterocycles. The van der Waals surface area contributed by atoms with Gasteiger partial charge in [0.15, 0.2) is 6.17 Å². The van der Waals surface area contributed by atoms with Gasteiger partial charge in [0.05, 0.1) is 12.0 Å². The highest BCUT2D eigenvalue weighted by molar-refractivity contribution is 7.89. The molecule has 1 aromatic carbocycles. The lowest BCUT2D eigenvalue weighted by Gasteiger charge is -2.36. The number of aliphatic imine (C=N–C) groups is 2. The zero-order valence-corrected chi connectivity index (χ0v) is 15.8. The van der Waals surface area contributed by atoms with E-state index in [9.17, 15) is 17.2 Å². The summed E-state index contributed by atoms with van der Waals surface area (Å²) in [5.41, 5.74) is 2.43. The van der Waals surface area contributed by atoms with E-state index in [1.54, 1.807) is 12.3 Å². The van der Waals surface area contributed by atoms with E-state index in [1.165, 1.54) is 7.11 Å². The second-order valence-electron chi connectivity index (χ2n) is 6.73. The first kappa shape index (κ1) is 18.8. The van der Waals surface area contributed by atoms with Crippen LogP contribution in [0.15, 0.2) is 49.9 Å². The Morgan fingerprint density at radius 2 is 2.04 bits per heavy atom. The number of methoxy groups -OCH3 is 1. The van der Waals surface area contributed by atoms with Crippen LogP contribution in [0.5, 0.6) is 0 Å². The van der Waals surface area contributed by atoms with Gasteiger partial charge in [-0.05, 0) is 30.5 Å². The maximum Gasteiger partial charge on any atom is 0.238 e. The number of primary sulfonamides is 1. The van der Waals surface area contributed by atoms with Crippen LogP contribution < -0.4 is 5.14 Å². The Hall–Kier alpha value is -2.59. The molecule has 28 heavy (non-hydrogen) atoms. The van der Waals surface area contributed by atoms with E-state index >= 15 is 0 Å². The first-order chi connectivity index (χ1) is 13.3. The average molecular weight is 408 g/mol. The Morgan fingerprint density at radius 3 is 2.68 bits per heavy atom. The largest absolute Gasteiger partial charge is 0.481 e. The van der Waals surface area contributed by atoms with Crippen molar-refractivity contribution in [3.63, 3.8) is 0 Å². The number of hydrogen-bond donors (Lipinski definition) is 1. The van der Waals surface area contributed by atoms with Gasteiger partial charge in [0, 0.05) is 42.2 Å². The van der Waals surface area contributed by atoms with Crippen molar-refractivity contribution in [2.45, 2.75) is 30.4 Å². The van der Waals surface area contributed by atoms with E-state index in [1.807, 2.05) is 4.90 Å². The number of fused-ring (bicyclic) bond motifs is 2. The van der Waals surface area contributed by atoms with E-state index in [4.69, 9.17) is 9.88 Å². The summed E-state index contributed by atoms with van der Waals surface area (Å²) in [7, 11) is -2.68. The van der Waals surface area contributed by atoms with Crippen LogP contribution in [0, 0.1) is 11.6 Å². The first-order valence-electron chi connectivity index (χ1n) is 8.63. The van der Waals surface area contributed by atoms with E-state index in [0.717, 1.165) is 41.8 Å². The molecule has 7 nitrogen and oxygen atoms in total. The molecule has 1 aromatic rings. The number of nitrogens with zero attached hydrogens (tertiary/aromatic N) is 3. The molecule has 10 heteroatoms. The highest BCUT2D eigenvalue weighted by Crippen LogP contribution is 2.37. The summed E-state index contributed by atoms with van der Waals surface area (Å²) < 4.78 is 57.0. The third kappa shape index (κ3) is 3.22. The van der Waals surface area contributed by atoms with Gasteiger partial charge in [0.2, 0.25) is 15.9 Å². The third-order valence-electron chi connectivity index (χ3n) is 4.95. The molecule has 0 amide bonds. The van der Waals surface area contributed by atoms with Crippen LogP contribution >= 0.6 is 0 Å². The first-order valence-corrected chi connectivity index (χ1v) is 10.2. The lowest BCUT2D eigenvalue weighted by Crippen LogP contribution is -2.34. The minimum atomic E-state index is -4.20. The van der Waals surface area contributed by atoms with E-state index in [-0.39, 0.29) is 12.1 Å². The molecule has 148 valence electrons. The van der Waals surface area contributed by atoms with Crippen LogP contribution in [0.4, 0.5) is 8.78 Å². The van der Waals surface area contributed by atoms with Gasteiger partial charge in [0.25, 0.3) is 0 Å². The number of dihydropyridines is 1. The van der Waals surface area contributed by atoms with Crippen molar-refractivity contribution in [1.82, 2.24) is 4.90 Å². The molecule has 0 spiro atoms. The van der Waals surface area contributed by atoms with E-state index in [2.05, 4.69) is 9.98 Å². The lowest BCUT2D eigenvalue weighted by molar-refractivity contribution is 0.303. The summed E-state index contributed by atoms with van der Waals surface area (Å²) in [6, 6.07) is 1.50. The van der Waals surface area contributed by atoms with Gasteiger partial charge in [-0.15, -0.1) is 0 Å². The highest BCUT2D eigenvalue weighted by atomic mass is 32.2. The SMILES string of the molecule is COC1=NC2N=CC3=C(C2=C1)N(Cc1c(F)cc(S(N)(=O)=O)cc1F)CCC3. The summed E-state index contributed by atoms with van der Waals surface area (Å²) in [6.45, 7) is 0.538. The Labute approximate surface area is 161 Å². The molecular formula is C18H18F2N4O3S. The standard InChI is InChI=1S/C18H18F2N4O3S/c1-27-16-7-12-17-10(8-22-18(12)23-16)3-2-4-24(17)9-13-14(19)5-11(6-15(13)20)28(21,25)26/h5-8,18H,2-4,9H2,1H3,(H2,21,25,26). The summed E-state index contributed by atoms with van der Waals surface area (Å²) in [6.07, 6.45) is 4.72. The van der Waals surface area contributed by atoms with Gasteiger partial charge < -0.3 is 9.64 Å². The monoisotopic (exact) mass is 408 g/mol. The second-order valence-corrected chi connectivity index (χ2v) is 8.29. The fourth-order valence-corrected chi connectivity index (χ4v) is 4.18. The van der Waals surface area contributed by atoms with Crippen molar-refractivity contribution >= 4 is 22.1 Å². The number of rotatable bonds is 3. The van der Waals surface area contributed by atoms with Crippen molar-refractivity contribution in [2.24, 2.45) is 15.1 Å². The number of benzene rings is 1. The normalized spacial score (nSPS) is 21.3. The molecular weight excluding hydrogens is 390 g/mol. The minimum Gasteiger partial charge on any atom is -0.481 e. The molecule has 0 radical (unpaired) electrons. The maximum absolute atomic E-state index is 14.5. The van der Waals surface area contributed by atoms with Crippen LogP contribution in [0.2, 0.25) is 0 Å². The van der Waals surface area contributed by atoms with Crippen LogP contribution in [0.25, 0.3) is 0 Å². The van der Waals surface area contributed by atoms with Crippen LogP contribution in [0.1, 0.15) is 18.4 Å². The lowest BCUT2D eigenvalue weighted by atomic mass is 9.94. The molecule has 2 N–H and O–H groups in total. The molecule has 4 rings (SSSR count). The summed E-state index contributed by atoms with van der Waals surface area (Å²) >= 11 is 0. The number of nitrogens with two attached hydrogens (primary N) is 1. The number of hydrogen-bond acceptors (Lipinski definition) is 6. The second kappa shape index (κ2) is 6.78. The van der Waals surface area contributed by atoms with Gasteiger partial charge in [-0.3, -0.25) is 4.99 Å². The molecule has 0 fully saturated rings. The highest BCUT2D eigenvalue weighted by Gasteiger charge is 2.34. The Balaban J connectivity index is 1.70. The van der Waals surface area contributed by atoms with Crippen molar-refractivity contribution < 1.29 is 21.9 Å². The molecule has 0 saturated heterocycles. The number of allylic oxidation sites excluding steroid dienone is 1.